The van der Waals surface area contributed by atoms with Crippen molar-refractivity contribution in [1.82, 2.24) is 9.29 Å². The Morgan fingerprint density at radius 2 is 1.82 bits per heavy atom. The van der Waals surface area contributed by atoms with Gasteiger partial charge in [0.15, 0.2) is 5.82 Å². The molecule has 0 unspecified atom stereocenters. The van der Waals surface area contributed by atoms with Crippen LogP contribution >= 0.6 is 22.6 Å². The quantitative estimate of drug-likeness (QED) is 0.294. The lowest BCUT2D eigenvalue weighted by Gasteiger charge is -2.17. The van der Waals surface area contributed by atoms with Gasteiger partial charge in [0.05, 0.1) is 16.9 Å². The SMILES string of the molecule is CNS(=O)(=O)Nc1cccc(Cc2cc(C(N)=O)c(Nc3ccc(I)cc3F)n(C)c2=O)c1F. The van der Waals surface area contributed by atoms with Crippen molar-refractivity contribution in [2.75, 3.05) is 17.1 Å². The minimum atomic E-state index is -3.97. The number of hydrogen-bond donors (Lipinski definition) is 4. The largest absolute Gasteiger partial charge is 0.365 e. The minimum Gasteiger partial charge on any atom is -0.365 e. The normalized spacial score (nSPS) is 11.3. The maximum absolute atomic E-state index is 15.0. The van der Waals surface area contributed by atoms with Gasteiger partial charge in [-0.15, -0.1) is 0 Å². The number of nitrogens with zero attached hydrogens (tertiary/aromatic N) is 1. The summed E-state index contributed by atoms with van der Waals surface area (Å²) in [7, 11) is -1.44. The highest BCUT2D eigenvalue weighted by molar-refractivity contribution is 14.1. The van der Waals surface area contributed by atoms with E-state index in [0.717, 1.165) is 11.6 Å². The van der Waals surface area contributed by atoms with Crippen molar-refractivity contribution in [3.63, 3.8) is 0 Å². The van der Waals surface area contributed by atoms with E-state index in [4.69, 9.17) is 5.73 Å². The second-order valence-corrected chi connectivity index (χ2v) is 10.0. The van der Waals surface area contributed by atoms with Crippen LogP contribution < -0.4 is 26.1 Å². The van der Waals surface area contributed by atoms with Gasteiger partial charge in [0.25, 0.3) is 21.7 Å². The van der Waals surface area contributed by atoms with E-state index in [-0.39, 0.29) is 40.3 Å². The van der Waals surface area contributed by atoms with Gasteiger partial charge in [-0.2, -0.15) is 8.42 Å². The number of anilines is 3. The molecule has 0 bridgehead atoms. The van der Waals surface area contributed by atoms with Gasteiger partial charge in [-0.05, 0) is 58.5 Å². The van der Waals surface area contributed by atoms with Gasteiger partial charge < -0.3 is 11.1 Å². The Morgan fingerprint density at radius 1 is 1.12 bits per heavy atom. The van der Waals surface area contributed by atoms with Crippen molar-refractivity contribution >= 4 is 55.9 Å². The van der Waals surface area contributed by atoms with Crippen LogP contribution in [0.3, 0.4) is 0 Å². The number of primary amides is 1. The summed E-state index contributed by atoms with van der Waals surface area (Å²) in [5, 5.41) is 2.73. The number of nitrogens with two attached hydrogens (primary N) is 1. The smallest absolute Gasteiger partial charge is 0.298 e. The molecule has 3 rings (SSSR count). The Bertz CT molecular complexity index is 1440. The van der Waals surface area contributed by atoms with Gasteiger partial charge in [-0.1, -0.05) is 12.1 Å². The van der Waals surface area contributed by atoms with Crippen LogP contribution in [-0.4, -0.2) is 25.9 Å². The summed E-state index contributed by atoms with van der Waals surface area (Å²) in [6.07, 6.45) is -0.258. The average molecular weight is 603 g/mol. The second kappa shape index (κ2) is 10.1. The lowest BCUT2D eigenvalue weighted by atomic mass is 10.0. The average Bonchev–Trinajstić information content (AvgIpc) is 2.77. The Hall–Kier alpha value is -3.04. The van der Waals surface area contributed by atoms with E-state index >= 15 is 0 Å². The van der Waals surface area contributed by atoms with Gasteiger partial charge in [-0.25, -0.2) is 13.5 Å². The summed E-state index contributed by atoms with van der Waals surface area (Å²) < 4.78 is 58.5. The van der Waals surface area contributed by atoms with E-state index in [1.54, 1.807) is 6.07 Å². The Balaban J connectivity index is 2.05. The minimum absolute atomic E-state index is 0.00760. The molecule has 5 N–H and O–H groups in total. The van der Waals surface area contributed by atoms with Crippen molar-refractivity contribution in [2.45, 2.75) is 6.42 Å². The van der Waals surface area contributed by atoms with E-state index in [1.165, 1.54) is 43.4 Å². The number of aromatic nitrogens is 1. The van der Waals surface area contributed by atoms with Gasteiger partial charge in [0.2, 0.25) is 0 Å². The fourth-order valence-electron chi connectivity index (χ4n) is 3.18. The highest BCUT2D eigenvalue weighted by Crippen LogP contribution is 2.25. The number of benzene rings is 2. The van der Waals surface area contributed by atoms with Crippen LogP contribution in [0.1, 0.15) is 21.5 Å². The number of nitrogens with one attached hydrogen (secondary N) is 3. The van der Waals surface area contributed by atoms with Gasteiger partial charge in [0, 0.05) is 29.6 Å². The van der Waals surface area contributed by atoms with E-state index in [9.17, 15) is 26.8 Å². The first-order chi connectivity index (χ1) is 15.9. The molecule has 180 valence electrons. The lowest BCUT2D eigenvalue weighted by molar-refractivity contribution is 0.100. The zero-order chi connectivity index (χ0) is 25.2. The molecule has 2 aromatic carbocycles. The van der Waals surface area contributed by atoms with Crippen molar-refractivity contribution in [3.8, 4) is 0 Å². The lowest BCUT2D eigenvalue weighted by Crippen LogP contribution is -2.28. The van der Waals surface area contributed by atoms with Crippen molar-refractivity contribution < 1.29 is 22.0 Å². The summed E-state index contributed by atoms with van der Waals surface area (Å²) in [5.74, 6) is -2.40. The summed E-state index contributed by atoms with van der Waals surface area (Å²) >= 11 is 1.94. The van der Waals surface area contributed by atoms with Crippen LogP contribution in [0.2, 0.25) is 0 Å². The number of carbonyl (C=O) groups is 1. The van der Waals surface area contributed by atoms with E-state index in [1.807, 2.05) is 32.0 Å². The van der Waals surface area contributed by atoms with Crippen LogP contribution in [0.4, 0.5) is 26.0 Å². The van der Waals surface area contributed by atoms with E-state index in [2.05, 4.69) is 5.32 Å². The molecular weight excluding hydrogens is 583 g/mol. The maximum atomic E-state index is 15.0. The first-order valence-electron chi connectivity index (χ1n) is 9.67. The van der Waals surface area contributed by atoms with Crippen molar-refractivity contribution in [2.24, 2.45) is 12.8 Å². The molecule has 0 spiro atoms. The van der Waals surface area contributed by atoms with Gasteiger partial charge in [0.1, 0.15) is 11.6 Å². The molecule has 13 heteroatoms. The van der Waals surface area contributed by atoms with Crippen molar-refractivity contribution in [1.29, 1.82) is 0 Å². The number of amides is 1. The van der Waals surface area contributed by atoms with Gasteiger partial charge in [-0.3, -0.25) is 18.9 Å². The number of halogens is 3. The first-order valence-corrected chi connectivity index (χ1v) is 12.2. The molecule has 0 aliphatic rings. The molecular formula is C21H20F2IN5O4S. The van der Waals surface area contributed by atoms with Crippen molar-refractivity contribution in [3.05, 3.63) is 84.7 Å². The molecule has 0 atom stereocenters. The zero-order valence-electron chi connectivity index (χ0n) is 17.9. The number of rotatable bonds is 8. The standard InChI is InChI=1S/C21H20F2IN5O4S/c1-26-34(32,33)28-17-5-3-4-11(18(17)23)8-12-9-14(19(25)30)20(29(2)21(12)31)27-16-7-6-13(24)10-15(16)22/h3-7,9-10,26-28H,8H2,1-2H3,(H2,25,30). The maximum Gasteiger partial charge on any atom is 0.298 e. The summed E-state index contributed by atoms with van der Waals surface area (Å²) in [6, 6.07) is 9.60. The molecule has 0 fully saturated rings. The number of carbonyl (C=O) groups excluding carboxylic acids is 1. The fraction of sp³-hybridized carbons (Fsp3) is 0.143. The molecule has 0 saturated carbocycles. The summed E-state index contributed by atoms with van der Waals surface area (Å²) in [5.41, 5.74) is 4.56. The zero-order valence-corrected chi connectivity index (χ0v) is 20.9. The second-order valence-electron chi connectivity index (χ2n) is 7.17. The van der Waals surface area contributed by atoms with E-state index < -0.39 is 33.3 Å². The molecule has 0 saturated heterocycles. The molecule has 3 aromatic rings. The Morgan fingerprint density at radius 3 is 2.44 bits per heavy atom. The molecule has 0 aliphatic heterocycles. The van der Waals surface area contributed by atoms with Crippen LogP contribution in [0.25, 0.3) is 0 Å². The monoisotopic (exact) mass is 603 g/mol. The Labute approximate surface area is 207 Å². The van der Waals surface area contributed by atoms with Crippen LogP contribution in [0.15, 0.2) is 47.3 Å². The Kier molecular flexibility index (Phi) is 7.57. The molecule has 1 aromatic heterocycles. The highest BCUT2D eigenvalue weighted by atomic mass is 127. The van der Waals surface area contributed by atoms with Crippen LogP contribution in [0.5, 0.6) is 0 Å². The van der Waals surface area contributed by atoms with Crippen LogP contribution in [-0.2, 0) is 23.7 Å². The number of hydrogen-bond acceptors (Lipinski definition) is 5. The predicted octanol–water partition coefficient (Wildman–Crippen LogP) is 2.58. The summed E-state index contributed by atoms with van der Waals surface area (Å²) in [4.78, 5) is 25.1. The van der Waals surface area contributed by atoms with E-state index in [0.29, 0.717) is 3.57 Å². The first kappa shape index (κ1) is 25.6. The van der Waals surface area contributed by atoms with Gasteiger partial charge >= 0.3 is 0 Å². The molecule has 34 heavy (non-hydrogen) atoms. The highest BCUT2D eigenvalue weighted by Gasteiger charge is 2.20. The predicted molar refractivity (Wildman–Crippen MR) is 133 cm³/mol. The third kappa shape index (κ3) is 5.53. The molecule has 1 heterocycles. The third-order valence-corrected chi connectivity index (χ3v) is 6.61. The molecule has 0 aliphatic carbocycles. The van der Waals surface area contributed by atoms with Crippen LogP contribution in [0, 0.1) is 15.2 Å². The topological polar surface area (TPSA) is 135 Å². The fourth-order valence-corrected chi connectivity index (χ4v) is 4.18. The molecule has 1 amide bonds. The number of pyridine rings is 1. The summed E-state index contributed by atoms with van der Waals surface area (Å²) in [6.45, 7) is 0. The molecule has 0 radical (unpaired) electrons. The third-order valence-electron chi connectivity index (χ3n) is 4.91. The molecule has 9 nitrogen and oxygen atoms in total.